The van der Waals surface area contributed by atoms with Crippen molar-refractivity contribution in [3.63, 3.8) is 0 Å². The van der Waals surface area contributed by atoms with Crippen molar-refractivity contribution in [3.05, 3.63) is 29.8 Å². The number of benzene rings is 1. The first-order valence-corrected chi connectivity index (χ1v) is 7.93. The molecular formula is C13H16N2O5S. The first-order chi connectivity index (χ1) is 9.79. The third-order valence-electron chi connectivity index (χ3n) is 3.55. The number of hydrogen-bond acceptors (Lipinski definition) is 4. The largest absolute Gasteiger partial charge is 0.481 e. The maximum atomic E-state index is 12.2. The van der Waals surface area contributed by atoms with Gasteiger partial charge in [0.2, 0.25) is 15.9 Å². The van der Waals surface area contributed by atoms with Crippen LogP contribution in [0.5, 0.6) is 0 Å². The molecule has 21 heavy (non-hydrogen) atoms. The van der Waals surface area contributed by atoms with Crippen LogP contribution in [0.25, 0.3) is 0 Å². The van der Waals surface area contributed by atoms with Gasteiger partial charge in [-0.3, -0.25) is 9.59 Å². The van der Waals surface area contributed by atoms with E-state index in [9.17, 15) is 18.0 Å². The van der Waals surface area contributed by atoms with Crippen LogP contribution in [-0.4, -0.2) is 31.4 Å². The second-order valence-corrected chi connectivity index (χ2v) is 6.77. The first-order valence-electron chi connectivity index (χ1n) is 6.44. The SMILES string of the molecule is NC(=O)c1ccc(S(=O)(=O)N[C@@H]2CC[C@H](C(=O)O)C2)cc1. The number of hydrogen-bond donors (Lipinski definition) is 3. The fourth-order valence-corrected chi connectivity index (χ4v) is 3.68. The molecule has 1 aromatic rings. The molecule has 1 aliphatic carbocycles. The van der Waals surface area contributed by atoms with Gasteiger partial charge >= 0.3 is 5.97 Å². The van der Waals surface area contributed by atoms with E-state index in [-0.39, 0.29) is 22.9 Å². The molecule has 1 aromatic carbocycles. The Morgan fingerprint density at radius 1 is 1.19 bits per heavy atom. The molecule has 7 nitrogen and oxygen atoms in total. The second-order valence-electron chi connectivity index (χ2n) is 5.06. The summed E-state index contributed by atoms with van der Waals surface area (Å²) in [4.78, 5) is 21.8. The molecule has 1 amide bonds. The molecule has 2 atom stereocenters. The van der Waals surface area contributed by atoms with Gasteiger partial charge < -0.3 is 10.8 Å². The summed E-state index contributed by atoms with van der Waals surface area (Å²) in [5, 5.41) is 8.91. The molecule has 0 aliphatic heterocycles. The van der Waals surface area contributed by atoms with Gasteiger partial charge in [0, 0.05) is 11.6 Å². The summed E-state index contributed by atoms with van der Waals surface area (Å²) in [5.74, 6) is -2.04. The smallest absolute Gasteiger partial charge is 0.306 e. The normalized spacial score (nSPS) is 22.1. The summed E-state index contributed by atoms with van der Waals surface area (Å²) in [5.41, 5.74) is 5.31. The molecule has 0 spiro atoms. The van der Waals surface area contributed by atoms with Gasteiger partial charge in [0.1, 0.15) is 0 Å². The minimum atomic E-state index is -3.73. The van der Waals surface area contributed by atoms with Crippen LogP contribution in [0.2, 0.25) is 0 Å². The maximum absolute atomic E-state index is 12.2. The van der Waals surface area contributed by atoms with E-state index < -0.39 is 27.8 Å². The van der Waals surface area contributed by atoms with Gasteiger partial charge in [-0.15, -0.1) is 0 Å². The van der Waals surface area contributed by atoms with E-state index >= 15 is 0 Å². The molecule has 0 bridgehead atoms. The van der Waals surface area contributed by atoms with Crippen LogP contribution < -0.4 is 10.5 Å². The fourth-order valence-electron chi connectivity index (χ4n) is 2.40. The zero-order valence-electron chi connectivity index (χ0n) is 11.2. The number of carboxylic acids is 1. The highest BCUT2D eigenvalue weighted by molar-refractivity contribution is 7.89. The predicted molar refractivity (Wildman–Crippen MR) is 74.0 cm³/mol. The van der Waals surface area contributed by atoms with Gasteiger partial charge in [-0.25, -0.2) is 13.1 Å². The Morgan fingerprint density at radius 2 is 1.81 bits per heavy atom. The van der Waals surface area contributed by atoms with Crippen molar-refractivity contribution in [1.82, 2.24) is 4.72 Å². The van der Waals surface area contributed by atoms with Gasteiger partial charge in [-0.1, -0.05) is 0 Å². The lowest BCUT2D eigenvalue weighted by atomic mass is 10.1. The van der Waals surface area contributed by atoms with Crippen molar-refractivity contribution in [3.8, 4) is 0 Å². The summed E-state index contributed by atoms with van der Waals surface area (Å²) in [6.45, 7) is 0. The number of nitrogens with one attached hydrogen (secondary N) is 1. The zero-order valence-corrected chi connectivity index (χ0v) is 12.0. The lowest BCUT2D eigenvalue weighted by Crippen LogP contribution is -2.33. The van der Waals surface area contributed by atoms with Gasteiger partial charge in [0.15, 0.2) is 0 Å². The highest BCUT2D eigenvalue weighted by Gasteiger charge is 2.32. The van der Waals surface area contributed by atoms with Crippen molar-refractivity contribution in [2.45, 2.75) is 30.2 Å². The molecule has 1 saturated carbocycles. The van der Waals surface area contributed by atoms with Crippen LogP contribution in [-0.2, 0) is 14.8 Å². The maximum Gasteiger partial charge on any atom is 0.306 e. The van der Waals surface area contributed by atoms with E-state index in [0.29, 0.717) is 12.8 Å². The van der Waals surface area contributed by atoms with Crippen molar-refractivity contribution in [2.75, 3.05) is 0 Å². The van der Waals surface area contributed by atoms with Gasteiger partial charge in [-0.05, 0) is 43.5 Å². The minimum Gasteiger partial charge on any atom is -0.481 e. The second kappa shape index (κ2) is 5.82. The summed E-state index contributed by atoms with van der Waals surface area (Å²) in [7, 11) is -3.73. The monoisotopic (exact) mass is 312 g/mol. The molecule has 8 heteroatoms. The summed E-state index contributed by atoms with van der Waals surface area (Å²) >= 11 is 0. The number of primary amides is 1. The Labute approximate surface area is 122 Å². The van der Waals surface area contributed by atoms with Crippen LogP contribution in [0.4, 0.5) is 0 Å². The zero-order chi connectivity index (χ0) is 15.6. The third kappa shape index (κ3) is 3.59. The quantitative estimate of drug-likeness (QED) is 0.721. The van der Waals surface area contributed by atoms with Gasteiger partial charge in [-0.2, -0.15) is 0 Å². The predicted octanol–water partition coefficient (Wildman–Crippen LogP) is 0.317. The Balaban J connectivity index is 2.08. The molecule has 1 fully saturated rings. The van der Waals surface area contributed by atoms with E-state index in [2.05, 4.69) is 4.72 Å². The number of aliphatic carboxylic acids is 1. The van der Waals surface area contributed by atoms with E-state index in [1.54, 1.807) is 0 Å². The lowest BCUT2D eigenvalue weighted by molar-refractivity contribution is -0.141. The average molecular weight is 312 g/mol. The Kier molecular flexibility index (Phi) is 4.29. The van der Waals surface area contributed by atoms with E-state index in [4.69, 9.17) is 10.8 Å². The first kappa shape index (κ1) is 15.5. The molecular weight excluding hydrogens is 296 g/mol. The Morgan fingerprint density at radius 3 is 2.29 bits per heavy atom. The van der Waals surface area contributed by atoms with Gasteiger partial charge in [0.25, 0.3) is 0 Å². The van der Waals surface area contributed by atoms with Crippen molar-refractivity contribution in [2.24, 2.45) is 11.7 Å². The molecule has 0 heterocycles. The number of rotatable bonds is 5. The number of nitrogens with two attached hydrogens (primary N) is 1. The van der Waals surface area contributed by atoms with E-state index in [1.165, 1.54) is 24.3 Å². The highest BCUT2D eigenvalue weighted by Crippen LogP contribution is 2.27. The minimum absolute atomic E-state index is 0.0197. The van der Waals surface area contributed by atoms with E-state index in [0.717, 1.165) is 0 Å². The molecule has 0 saturated heterocycles. The molecule has 0 radical (unpaired) electrons. The van der Waals surface area contributed by atoms with Crippen LogP contribution in [0.3, 0.4) is 0 Å². The van der Waals surface area contributed by atoms with Crippen molar-refractivity contribution >= 4 is 21.9 Å². The van der Waals surface area contributed by atoms with Crippen LogP contribution >= 0.6 is 0 Å². The number of amides is 1. The molecule has 0 aromatic heterocycles. The third-order valence-corrected chi connectivity index (χ3v) is 5.09. The van der Waals surface area contributed by atoms with Crippen molar-refractivity contribution < 1.29 is 23.1 Å². The van der Waals surface area contributed by atoms with Crippen LogP contribution in [0, 0.1) is 5.92 Å². The van der Waals surface area contributed by atoms with Crippen LogP contribution in [0.1, 0.15) is 29.6 Å². The summed E-state index contributed by atoms with van der Waals surface area (Å²) in [6.07, 6.45) is 1.24. The standard InChI is InChI=1S/C13H16N2O5S/c14-12(16)8-2-5-11(6-3-8)21(19,20)15-10-4-1-9(7-10)13(17)18/h2-3,5-6,9-10,15H,1,4,7H2,(H2,14,16)(H,17,18)/t9-,10+/m0/s1. The summed E-state index contributed by atoms with van der Waals surface area (Å²) in [6, 6.07) is 4.89. The fraction of sp³-hybridized carbons (Fsp3) is 0.385. The van der Waals surface area contributed by atoms with Crippen molar-refractivity contribution in [1.29, 1.82) is 0 Å². The molecule has 4 N–H and O–H groups in total. The topological polar surface area (TPSA) is 127 Å². The number of sulfonamides is 1. The summed E-state index contributed by atoms with van der Waals surface area (Å²) < 4.78 is 26.8. The van der Waals surface area contributed by atoms with Gasteiger partial charge in [0.05, 0.1) is 10.8 Å². The number of carbonyl (C=O) groups is 2. The van der Waals surface area contributed by atoms with E-state index in [1.807, 2.05) is 0 Å². The number of carbonyl (C=O) groups excluding carboxylic acids is 1. The molecule has 2 rings (SSSR count). The Bertz CT molecular complexity index is 654. The molecule has 114 valence electrons. The van der Waals surface area contributed by atoms with Crippen LogP contribution in [0.15, 0.2) is 29.2 Å². The average Bonchev–Trinajstić information content (AvgIpc) is 2.87. The number of carboxylic acid groups (broad SMARTS) is 1. The lowest BCUT2D eigenvalue weighted by Gasteiger charge is -2.13. The molecule has 0 unspecified atom stereocenters. The Hall–Kier alpha value is -1.93. The highest BCUT2D eigenvalue weighted by atomic mass is 32.2. The molecule has 1 aliphatic rings.